The molecule has 0 spiro atoms. The molecular weight excluding hydrogens is 372 g/mol. The van der Waals surface area contributed by atoms with Gasteiger partial charge in [0.15, 0.2) is 0 Å². The topological polar surface area (TPSA) is 69.0 Å². The van der Waals surface area contributed by atoms with Crippen LogP contribution in [0, 0.1) is 6.92 Å². The summed E-state index contributed by atoms with van der Waals surface area (Å²) in [7, 11) is 3.35. The molecule has 4 rings (SSSR count). The third-order valence-electron chi connectivity index (χ3n) is 4.92. The Morgan fingerprint density at radius 2 is 2.18 bits per heavy atom. The van der Waals surface area contributed by atoms with Crippen LogP contribution in [-0.4, -0.2) is 40.1 Å². The molecule has 1 aromatic carbocycles. The van der Waals surface area contributed by atoms with Gasteiger partial charge in [-0.05, 0) is 42.3 Å². The van der Waals surface area contributed by atoms with Crippen LogP contribution in [0.25, 0.3) is 11.4 Å². The number of anilines is 1. The van der Waals surface area contributed by atoms with Gasteiger partial charge in [0.05, 0.1) is 23.6 Å². The molecule has 0 radical (unpaired) electrons. The summed E-state index contributed by atoms with van der Waals surface area (Å²) in [6.45, 7) is 2.93. The Kier molecular flexibility index (Phi) is 5.09. The van der Waals surface area contributed by atoms with Crippen LogP contribution in [0.1, 0.15) is 32.3 Å². The Labute approximate surface area is 168 Å². The molecule has 0 saturated carbocycles. The lowest BCUT2D eigenvalue weighted by molar-refractivity contribution is 0.0600. The van der Waals surface area contributed by atoms with Crippen molar-refractivity contribution in [1.82, 2.24) is 14.8 Å². The van der Waals surface area contributed by atoms with Crippen LogP contribution < -0.4 is 5.32 Å². The van der Waals surface area contributed by atoms with Crippen molar-refractivity contribution >= 4 is 23.5 Å². The largest absolute Gasteiger partial charge is 0.465 e. The highest BCUT2D eigenvalue weighted by molar-refractivity contribution is 7.99. The van der Waals surface area contributed by atoms with E-state index in [0.717, 1.165) is 46.2 Å². The summed E-state index contributed by atoms with van der Waals surface area (Å²) in [4.78, 5) is 16.6. The van der Waals surface area contributed by atoms with Crippen LogP contribution in [0.15, 0.2) is 42.6 Å². The second-order valence-electron chi connectivity index (χ2n) is 6.69. The fraction of sp³-hybridized carbons (Fsp3) is 0.286. The molecule has 1 aliphatic rings. The first-order valence-electron chi connectivity index (χ1n) is 9.12. The fourth-order valence-corrected chi connectivity index (χ4v) is 4.81. The zero-order chi connectivity index (χ0) is 19.7. The zero-order valence-electron chi connectivity index (χ0n) is 16.1. The third-order valence-corrected chi connectivity index (χ3v) is 6.18. The van der Waals surface area contributed by atoms with Gasteiger partial charge in [-0.2, -0.15) is 5.10 Å². The molecule has 0 bridgehead atoms. The van der Waals surface area contributed by atoms with Crippen molar-refractivity contribution in [2.45, 2.75) is 12.2 Å². The number of rotatable bonds is 3. The Hall–Kier alpha value is -2.80. The molecule has 0 amide bonds. The van der Waals surface area contributed by atoms with Gasteiger partial charge in [0.25, 0.3) is 0 Å². The number of pyridine rings is 1. The van der Waals surface area contributed by atoms with Gasteiger partial charge in [0.1, 0.15) is 11.5 Å². The monoisotopic (exact) mass is 394 g/mol. The SMILES string of the molecule is COC(=O)c1ccc(C)c(C2SCCNc3c2c(-c2ccccn2)nn3C)c1. The molecule has 28 heavy (non-hydrogen) atoms. The molecule has 1 unspecified atom stereocenters. The molecule has 2 aromatic heterocycles. The average Bonchev–Trinajstić information content (AvgIpc) is 2.90. The number of methoxy groups -OCH3 is 1. The first-order valence-corrected chi connectivity index (χ1v) is 10.2. The quantitative estimate of drug-likeness (QED) is 0.681. The van der Waals surface area contributed by atoms with E-state index in [1.54, 1.807) is 6.20 Å². The summed E-state index contributed by atoms with van der Waals surface area (Å²) < 4.78 is 6.81. The van der Waals surface area contributed by atoms with E-state index in [0.29, 0.717) is 5.56 Å². The van der Waals surface area contributed by atoms with Crippen molar-refractivity contribution < 1.29 is 9.53 Å². The molecule has 7 heteroatoms. The number of fused-ring (bicyclic) bond motifs is 1. The Balaban J connectivity index is 1.91. The van der Waals surface area contributed by atoms with Crippen molar-refractivity contribution in [3.8, 4) is 11.4 Å². The smallest absolute Gasteiger partial charge is 0.337 e. The number of aromatic nitrogens is 3. The lowest BCUT2D eigenvalue weighted by Crippen LogP contribution is -2.07. The molecule has 1 aliphatic heterocycles. The second kappa shape index (κ2) is 7.67. The molecule has 0 saturated heterocycles. The van der Waals surface area contributed by atoms with Gasteiger partial charge in [0, 0.05) is 31.1 Å². The maximum Gasteiger partial charge on any atom is 0.337 e. The first-order chi connectivity index (χ1) is 13.6. The van der Waals surface area contributed by atoms with Gasteiger partial charge >= 0.3 is 5.97 Å². The number of hydrogen-bond acceptors (Lipinski definition) is 6. The number of hydrogen-bond donors (Lipinski definition) is 1. The molecule has 3 heterocycles. The fourth-order valence-electron chi connectivity index (χ4n) is 3.53. The van der Waals surface area contributed by atoms with E-state index in [9.17, 15) is 4.79 Å². The molecule has 1 atom stereocenters. The van der Waals surface area contributed by atoms with E-state index < -0.39 is 0 Å². The lowest BCUT2D eigenvalue weighted by Gasteiger charge is -2.19. The summed E-state index contributed by atoms with van der Waals surface area (Å²) in [5, 5.41) is 8.32. The van der Waals surface area contributed by atoms with Crippen molar-refractivity contribution in [2.24, 2.45) is 7.05 Å². The van der Waals surface area contributed by atoms with Crippen molar-refractivity contribution in [3.05, 3.63) is 64.8 Å². The van der Waals surface area contributed by atoms with Crippen LogP contribution in [0.5, 0.6) is 0 Å². The third kappa shape index (κ3) is 3.26. The summed E-state index contributed by atoms with van der Waals surface area (Å²) in [5.74, 6) is 1.62. The highest BCUT2D eigenvalue weighted by Gasteiger charge is 2.30. The van der Waals surface area contributed by atoms with E-state index in [1.165, 1.54) is 7.11 Å². The van der Waals surface area contributed by atoms with Crippen molar-refractivity contribution in [3.63, 3.8) is 0 Å². The minimum atomic E-state index is -0.325. The number of thioether (sulfide) groups is 1. The summed E-state index contributed by atoms with van der Waals surface area (Å²) in [6.07, 6.45) is 1.78. The maximum absolute atomic E-state index is 12.1. The molecular formula is C21H22N4O2S. The zero-order valence-corrected chi connectivity index (χ0v) is 16.9. The van der Waals surface area contributed by atoms with E-state index in [1.807, 2.05) is 59.9 Å². The van der Waals surface area contributed by atoms with Gasteiger partial charge in [0.2, 0.25) is 0 Å². The van der Waals surface area contributed by atoms with Crippen molar-refractivity contribution in [1.29, 1.82) is 0 Å². The normalized spacial score (nSPS) is 16.0. The summed E-state index contributed by atoms with van der Waals surface area (Å²) >= 11 is 1.85. The minimum absolute atomic E-state index is 0.0420. The molecule has 0 aliphatic carbocycles. The van der Waals surface area contributed by atoms with E-state index >= 15 is 0 Å². The molecule has 0 fully saturated rings. The van der Waals surface area contributed by atoms with Gasteiger partial charge in [-0.15, -0.1) is 11.8 Å². The van der Waals surface area contributed by atoms with Gasteiger partial charge in [-0.1, -0.05) is 12.1 Å². The number of ether oxygens (including phenoxy) is 1. The van der Waals surface area contributed by atoms with Crippen LogP contribution in [-0.2, 0) is 11.8 Å². The van der Waals surface area contributed by atoms with Crippen LogP contribution in [0.2, 0.25) is 0 Å². The standard InChI is InChI=1S/C21H22N4O2S/c1-13-7-8-14(21(26)27-3)12-15(13)19-17-18(16-6-4-5-9-22-16)24-25(2)20(17)23-10-11-28-19/h4-9,12,19,23H,10-11H2,1-3H3. The number of carbonyl (C=O) groups excluding carboxylic acids is 1. The predicted molar refractivity (Wildman–Crippen MR) is 112 cm³/mol. The lowest BCUT2D eigenvalue weighted by atomic mass is 9.96. The highest BCUT2D eigenvalue weighted by Crippen LogP contribution is 2.46. The number of nitrogens with zero attached hydrogens (tertiary/aromatic N) is 3. The number of aryl methyl sites for hydroxylation is 2. The van der Waals surface area contributed by atoms with E-state index in [4.69, 9.17) is 9.84 Å². The Bertz CT molecular complexity index is 1020. The Morgan fingerprint density at radius 1 is 1.32 bits per heavy atom. The Morgan fingerprint density at radius 3 is 2.93 bits per heavy atom. The predicted octanol–water partition coefficient (Wildman–Crippen LogP) is 3.83. The highest BCUT2D eigenvalue weighted by atomic mass is 32.2. The van der Waals surface area contributed by atoms with E-state index in [-0.39, 0.29) is 11.2 Å². The average molecular weight is 395 g/mol. The molecule has 3 aromatic rings. The van der Waals surface area contributed by atoms with Gasteiger partial charge < -0.3 is 10.1 Å². The molecule has 6 nitrogen and oxygen atoms in total. The summed E-state index contributed by atoms with van der Waals surface area (Å²) in [5.41, 5.74) is 5.61. The number of carbonyl (C=O) groups is 1. The minimum Gasteiger partial charge on any atom is -0.465 e. The van der Waals surface area contributed by atoms with Crippen LogP contribution in [0.3, 0.4) is 0 Å². The summed E-state index contributed by atoms with van der Waals surface area (Å²) in [6, 6.07) is 11.6. The first kappa shape index (κ1) is 18.6. The number of esters is 1. The number of benzene rings is 1. The van der Waals surface area contributed by atoms with Gasteiger partial charge in [-0.3, -0.25) is 9.67 Å². The number of nitrogens with one attached hydrogen (secondary N) is 1. The molecule has 1 N–H and O–H groups in total. The van der Waals surface area contributed by atoms with Gasteiger partial charge in [-0.25, -0.2) is 4.79 Å². The van der Waals surface area contributed by atoms with E-state index in [2.05, 4.69) is 17.2 Å². The molecule has 144 valence electrons. The maximum atomic E-state index is 12.1. The van der Waals surface area contributed by atoms with Crippen LogP contribution in [0.4, 0.5) is 5.82 Å². The second-order valence-corrected chi connectivity index (χ2v) is 7.90. The van der Waals surface area contributed by atoms with Crippen molar-refractivity contribution in [2.75, 3.05) is 24.7 Å². The van der Waals surface area contributed by atoms with Crippen LogP contribution >= 0.6 is 11.8 Å².